The first kappa shape index (κ1) is 40.0. The predicted octanol–water partition coefficient (Wildman–Crippen LogP) is 15.8. The summed E-state index contributed by atoms with van der Waals surface area (Å²) in [6, 6.07) is 81.7. The van der Waals surface area contributed by atoms with E-state index in [1.807, 2.05) is 84.9 Å². The third kappa shape index (κ3) is 7.28. The van der Waals surface area contributed by atoms with Crippen LogP contribution in [0.2, 0.25) is 0 Å². The molecule has 0 atom stereocenters. The molecule has 1 aliphatic carbocycles. The molecule has 0 unspecified atom stereocenters. The summed E-state index contributed by atoms with van der Waals surface area (Å²) < 4.78 is 0. The van der Waals surface area contributed by atoms with E-state index in [-0.39, 0.29) is 0 Å². The van der Waals surface area contributed by atoms with Gasteiger partial charge in [0.2, 0.25) is 0 Å². The third-order valence-electron chi connectivity index (χ3n) is 13.0. The molecule has 0 spiro atoms. The van der Waals surface area contributed by atoms with Crippen LogP contribution in [0.5, 0.6) is 0 Å². The van der Waals surface area contributed by atoms with Gasteiger partial charge in [-0.3, -0.25) is 0 Å². The molecule has 10 aromatic carbocycles. The molecule has 0 saturated heterocycles. The van der Waals surface area contributed by atoms with Gasteiger partial charge in [-0.15, -0.1) is 0 Å². The number of rotatable bonds is 8. The molecule has 68 heavy (non-hydrogen) atoms. The summed E-state index contributed by atoms with van der Waals surface area (Å²) in [4.78, 5) is 14.8. The Bertz CT molecular complexity index is 3820. The quantitative estimate of drug-likeness (QED) is 0.152. The molecule has 1 aliphatic rings. The monoisotopic (exact) mass is 863 g/mol. The second-order valence-corrected chi connectivity index (χ2v) is 17.0. The minimum absolute atomic E-state index is 0.582. The van der Waals surface area contributed by atoms with Crippen LogP contribution in [0.3, 0.4) is 0 Å². The topological polar surface area (TPSA) is 86.2 Å². The molecule has 0 amide bonds. The van der Waals surface area contributed by atoms with Crippen molar-refractivity contribution in [3.8, 4) is 124 Å². The minimum Gasteiger partial charge on any atom is -0.208 e. The summed E-state index contributed by atoms with van der Waals surface area (Å²) in [5.41, 5.74) is 19.5. The second-order valence-electron chi connectivity index (χ2n) is 17.0. The lowest BCUT2D eigenvalue weighted by Gasteiger charge is -2.12. The molecular formula is C63H37N5. The molecule has 0 radical (unpaired) electrons. The average Bonchev–Trinajstić information content (AvgIpc) is 3.75. The van der Waals surface area contributed by atoms with Crippen molar-refractivity contribution in [2.45, 2.75) is 0 Å². The largest absolute Gasteiger partial charge is 0.208 e. The molecule has 1 aromatic heterocycles. The van der Waals surface area contributed by atoms with Crippen LogP contribution >= 0.6 is 0 Å². The molecule has 12 rings (SSSR count). The van der Waals surface area contributed by atoms with E-state index >= 15 is 0 Å². The van der Waals surface area contributed by atoms with Gasteiger partial charge in [0.15, 0.2) is 17.5 Å². The van der Waals surface area contributed by atoms with Crippen molar-refractivity contribution >= 4 is 10.8 Å². The van der Waals surface area contributed by atoms with Crippen LogP contribution in [0.15, 0.2) is 224 Å². The van der Waals surface area contributed by atoms with Crippen molar-refractivity contribution in [1.82, 2.24) is 15.0 Å². The highest BCUT2D eigenvalue weighted by Crippen LogP contribution is 2.48. The van der Waals surface area contributed by atoms with Crippen LogP contribution < -0.4 is 0 Å². The van der Waals surface area contributed by atoms with E-state index in [1.54, 1.807) is 0 Å². The zero-order valence-corrected chi connectivity index (χ0v) is 36.6. The lowest BCUT2D eigenvalue weighted by molar-refractivity contribution is 1.07. The SMILES string of the molecule is N#Cc1ccc(-c2ccc(-c3nc(-c4ccccc4)nc(-c4ccc(-c5ccc(-c6ccc(-c7cccc(-c8cc9c%10c(cccc%10c8)-c8ccccc8-9)c7)cc6C#N)cc5)cc4)n3)cc2)cc1. The molecule has 11 aromatic rings. The first-order valence-corrected chi connectivity index (χ1v) is 22.5. The summed E-state index contributed by atoms with van der Waals surface area (Å²) in [6.45, 7) is 0. The van der Waals surface area contributed by atoms with Gasteiger partial charge < -0.3 is 0 Å². The molecule has 0 bridgehead atoms. The van der Waals surface area contributed by atoms with E-state index in [2.05, 4.69) is 152 Å². The molecule has 0 aliphatic heterocycles. The molecule has 0 fully saturated rings. The van der Waals surface area contributed by atoms with Crippen LogP contribution in [-0.2, 0) is 0 Å². The minimum atomic E-state index is 0.582. The normalized spacial score (nSPS) is 11.2. The van der Waals surface area contributed by atoms with Crippen molar-refractivity contribution in [1.29, 1.82) is 10.5 Å². The Kier molecular flexibility index (Phi) is 9.87. The van der Waals surface area contributed by atoms with Gasteiger partial charge in [0.25, 0.3) is 0 Å². The van der Waals surface area contributed by atoms with Gasteiger partial charge in [0, 0.05) is 16.7 Å². The van der Waals surface area contributed by atoms with Crippen LogP contribution in [0, 0.1) is 22.7 Å². The maximum absolute atomic E-state index is 10.4. The van der Waals surface area contributed by atoms with Gasteiger partial charge >= 0.3 is 0 Å². The first-order valence-electron chi connectivity index (χ1n) is 22.5. The highest BCUT2D eigenvalue weighted by atomic mass is 15.0. The Labute approximate surface area is 394 Å². The average molecular weight is 864 g/mol. The Morgan fingerprint density at radius 3 is 1.29 bits per heavy atom. The highest BCUT2D eigenvalue weighted by Gasteiger charge is 2.22. The van der Waals surface area contributed by atoms with Gasteiger partial charge in [-0.1, -0.05) is 188 Å². The Morgan fingerprint density at radius 2 is 0.706 bits per heavy atom. The van der Waals surface area contributed by atoms with Gasteiger partial charge in [-0.25, -0.2) is 15.0 Å². The standard InChI is InChI=1S/C63H37N5/c64-38-40-16-18-41(19-17-40)43-22-28-47(29-23-43)62-66-61(46-8-2-1-3-9-46)67-63(68-62)48-30-24-44(25-31-48)42-20-26-45(27-21-42)55-33-32-51(35-54(55)39-65)49-10-6-11-50(34-49)53-36-52-12-7-15-58-56-13-4-5-14-57(56)59(37-53)60(52)58/h1-37H. The molecule has 5 heteroatoms. The van der Waals surface area contributed by atoms with Crippen molar-refractivity contribution < 1.29 is 0 Å². The molecular weight excluding hydrogens is 827 g/mol. The van der Waals surface area contributed by atoms with Crippen molar-refractivity contribution in [2.75, 3.05) is 0 Å². The van der Waals surface area contributed by atoms with Crippen LogP contribution in [-0.4, -0.2) is 15.0 Å². The Morgan fingerprint density at radius 1 is 0.265 bits per heavy atom. The fourth-order valence-electron chi connectivity index (χ4n) is 9.48. The molecule has 0 N–H and O–H groups in total. The molecule has 0 saturated carbocycles. The van der Waals surface area contributed by atoms with E-state index in [0.717, 1.165) is 66.8 Å². The van der Waals surface area contributed by atoms with Gasteiger partial charge in [-0.05, 0) is 125 Å². The number of benzene rings is 10. The number of hydrogen-bond donors (Lipinski definition) is 0. The fraction of sp³-hybridized carbons (Fsp3) is 0. The first-order chi connectivity index (χ1) is 33.6. The van der Waals surface area contributed by atoms with Gasteiger partial charge in [0.1, 0.15) is 0 Å². The zero-order chi connectivity index (χ0) is 45.6. The van der Waals surface area contributed by atoms with E-state index in [9.17, 15) is 10.5 Å². The number of fused-ring (bicyclic) bond motifs is 3. The van der Waals surface area contributed by atoms with Crippen molar-refractivity contribution in [2.24, 2.45) is 0 Å². The van der Waals surface area contributed by atoms with Crippen molar-refractivity contribution in [3.05, 3.63) is 236 Å². The number of nitrogens with zero attached hydrogens (tertiary/aromatic N) is 5. The maximum Gasteiger partial charge on any atom is 0.164 e. The summed E-state index contributed by atoms with van der Waals surface area (Å²) in [6.07, 6.45) is 0. The molecule has 314 valence electrons. The van der Waals surface area contributed by atoms with Crippen LogP contribution in [0.1, 0.15) is 11.1 Å². The summed E-state index contributed by atoms with van der Waals surface area (Å²) >= 11 is 0. The van der Waals surface area contributed by atoms with E-state index in [1.165, 1.54) is 38.6 Å². The smallest absolute Gasteiger partial charge is 0.164 e. The van der Waals surface area contributed by atoms with Crippen LogP contribution in [0.4, 0.5) is 0 Å². The van der Waals surface area contributed by atoms with E-state index in [4.69, 9.17) is 15.0 Å². The van der Waals surface area contributed by atoms with E-state index < -0.39 is 0 Å². The Balaban J connectivity index is 0.800. The molecule has 1 heterocycles. The lowest BCUT2D eigenvalue weighted by Crippen LogP contribution is -2.00. The molecule has 5 nitrogen and oxygen atoms in total. The van der Waals surface area contributed by atoms with Crippen LogP contribution in [0.25, 0.3) is 123 Å². The second kappa shape index (κ2) is 16.8. The summed E-state index contributed by atoms with van der Waals surface area (Å²) in [5, 5.41) is 22.2. The van der Waals surface area contributed by atoms with Crippen molar-refractivity contribution in [3.63, 3.8) is 0 Å². The number of nitriles is 2. The predicted molar refractivity (Wildman–Crippen MR) is 275 cm³/mol. The zero-order valence-electron chi connectivity index (χ0n) is 36.6. The fourth-order valence-corrected chi connectivity index (χ4v) is 9.48. The van der Waals surface area contributed by atoms with Gasteiger partial charge in [-0.2, -0.15) is 10.5 Å². The van der Waals surface area contributed by atoms with E-state index in [0.29, 0.717) is 28.6 Å². The Hall–Kier alpha value is -9.55. The summed E-state index contributed by atoms with van der Waals surface area (Å²) in [7, 11) is 0. The highest BCUT2D eigenvalue weighted by molar-refractivity contribution is 6.16. The summed E-state index contributed by atoms with van der Waals surface area (Å²) in [5.74, 6) is 1.76. The number of aromatic nitrogens is 3. The lowest BCUT2D eigenvalue weighted by atomic mass is 9.92. The maximum atomic E-state index is 10.4. The third-order valence-corrected chi connectivity index (χ3v) is 13.0. The number of hydrogen-bond acceptors (Lipinski definition) is 5. The van der Waals surface area contributed by atoms with Gasteiger partial charge in [0.05, 0.1) is 23.3 Å².